The van der Waals surface area contributed by atoms with Crippen molar-refractivity contribution in [3.05, 3.63) is 48.3 Å². The van der Waals surface area contributed by atoms with Gasteiger partial charge in [0, 0.05) is 12.3 Å². The Morgan fingerprint density at radius 3 is 2.68 bits per heavy atom. The molecule has 0 unspecified atom stereocenters. The smallest absolute Gasteiger partial charge is 0.182 e. The summed E-state index contributed by atoms with van der Waals surface area (Å²) in [6.45, 7) is 1.91. The lowest BCUT2D eigenvalue weighted by atomic mass is 10.3. The number of methoxy groups -OCH3 is 2. The van der Waals surface area contributed by atoms with Crippen LogP contribution >= 0.6 is 0 Å². The van der Waals surface area contributed by atoms with Crippen LogP contribution in [0.3, 0.4) is 0 Å². The van der Waals surface area contributed by atoms with Crippen molar-refractivity contribution in [2.24, 2.45) is 10.2 Å². The van der Waals surface area contributed by atoms with Crippen molar-refractivity contribution in [1.82, 2.24) is 9.38 Å². The van der Waals surface area contributed by atoms with Gasteiger partial charge in [0.15, 0.2) is 5.82 Å². The van der Waals surface area contributed by atoms with E-state index in [4.69, 9.17) is 9.47 Å². The molecule has 0 aliphatic rings. The minimum atomic E-state index is 0.606. The number of aromatic nitrogens is 2. The zero-order valence-electron chi connectivity index (χ0n) is 12.6. The maximum Gasteiger partial charge on any atom is 0.182 e. The molecule has 112 valence electrons. The maximum absolute atomic E-state index is 5.32. The molecule has 0 aliphatic heterocycles. The Morgan fingerprint density at radius 2 is 1.91 bits per heavy atom. The van der Waals surface area contributed by atoms with Gasteiger partial charge in [-0.3, -0.25) is 4.40 Å². The van der Waals surface area contributed by atoms with Crippen LogP contribution in [-0.2, 0) is 0 Å². The van der Waals surface area contributed by atoms with Gasteiger partial charge in [0.2, 0.25) is 0 Å². The Bertz CT molecular complexity index is 839. The predicted molar refractivity (Wildman–Crippen MR) is 83.7 cm³/mol. The first kappa shape index (κ1) is 14.1. The topological polar surface area (TPSA) is 60.5 Å². The summed E-state index contributed by atoms with van der Waals surface area (Å²) in [5, 5.41) is 8.62. The number of hydrogen-bond acceptors (Lipinski definition) is 5. The van der Waals surface area contributed by atoms with Crippen LogP contribution in [0.15, 0.2) is 52.8 Å². The standard InChI is InChI=1S/C16H16N4O2/c1-11-16(20-9-5-4-6-15(20)17-11)19-18-13-8-7-12(21-2)10-14(13)22-3/h4-10H,1-3H3. The van der Waals surface area contributed by atoms with Crippen LogP contribution in [0.2, 0.25) is 0 Å². The number of fused-ring (bicyclic) bond motifs is 1. The number of rotatable bonds is 4. The van der Waals surface area contributed by atoms with Crippen molar-refractivity contribution in [3.8, 4) is 11.5 Å². The van der Waals surface area contributed by atoms with Gasteiger partial charge in [-0.2, -0.15) is 0 Å². The summed E-state index contributed by atoms with van der Waals surface area (Å²) in [4.78, 5) is 4.45. The molecule has 0 amide bonds. The van der Waals surface area contributed by atoms with Gasteiger partial charge in [0.25, 0.3) is 0 Å². The average molecular weight is 296 g/mol. The molecule has 3 aromatic rings. The second-order valence-corrected chi connectivity index (χ2v) is 4.69. The highest BCUT2D eigenvalue weighted by atomic mass is 16.5. The molecule has 3 rings (SSSR count). The van der Waals surface area contributed by atoms with Crippen LogP contribution in [0.5, 0.6) is 11.5 Å². The number of pyridine rings is 1. The second-order valence-electron chi connectivity index (χ2n) is 4.69. The highest BCUT2D eigenvalue weighted by molar-refractivity contribution is 5.56. The highest BCUT2D eigenvalue weighted by Gasteiger charge is 2.08. The quantitative estimate of drug-likeness (QED) is 0.682. The number of azo groups is 1. The van der Waals surface area contributed by atoms with Crippen molar-refractivity contribution >= 4 is 17.2 Å². The molecule has 0 aliphatic carbocycles. The van der Waals surface area contributed by atoms with Crippen LogP contribution in [0.25, 0.3) is 5.65 Å². The van der Waals surface area contributed by atoms with E-state index in [9.17, 15) is 0 Å². The van der Waals surface area contributed by atoms with Gasteiger partial charge in [-0.15, -0.1) is 10.2 Å². The predicted octanol–water partition coefficient (Wildman–Crippen LogP) is 4.08. The third-order valence-corrected chi connectivity index (χ3v) is 3.31. The van der Waals surface area contributed by atoms with Gasteiger partial charge in [0.1, 0.15) is 22.8 Å². The lowest BCUT2D eigenvalue weighted by Crippen LogP contribution is -1.87. The first-order valence-electron chi connectivity index (χ1n) is 6.80. The number of hydrogen-bond donors (Lipinski definition) is 0. The van der Waals surface area contributed by atoms with Gasteiger partial charge in [0.05, 0.1) is 19.9 Å². The number of imidazole rings is 1. The van der Waals surface area contributed by atoms with Gasteiger partial charge >= 0.3 is 0 Å². The molecular weight excluding hydrogens is 280 g/mol. The van der Waals surface area contributed by atoms with E-state index < -0.39 is 0 Å². The van der Waals surface area contributed by atoms with E-state index in [2.05, 4.69) is 15.2 Å². The number of benzene rings is 1. The first-order chi connectivity index (χ1) is 10.7. The summed E-state index contributed by atoms with van der Waals surface area (Å²) in [6.07, 6.45) is 1.91. The minimum Gasteiger partial charge on any atom is -0.497 e. The largest absolute Gasteiger partial charge is 0.497 e. The SMILES string of the molecule is COc1ccc(N=Nc2c(C)nc3ccccn23)c(OC)c1. The third kappa shape index (κ3) is 2.50. The number of aryl methyl sites for hydroxylation is 1. The van der Waals surface area contributed by atoms with Gasteiger partial charge < -0.3 is 9.47 Å². The van der Waals surface area contributed by atoms with Crippen molar-refractivity contribution < 1.29 is 9.47 Å². The zero-order chi connectivity index (χ0) is 15.5. The molecule has 0 radical (unpaired) electrons. The number of nitrogens with zero attached hydrogens (tertiary/aromatic N) is 4. The van der Waals surface area contributed by atoms with E-state index >= 15 is 0 Å². The van der Waals surface area contributed by atoms with Crippen molar-refractivity contribution in [3.63, 3.8) is 0 Å². The lowest BCUT2D eigenvalue weighted by Gasteiger charge is -2.05. The molecule has 0 fully saturated rings. The van der Waals surface area contributed by atoms with Crippen LogP contribution in [0, 0.1) is 6.92 Å². The molecule has 0 N–H and O–H groups in total. The van der Waals surface area contributed by atoms with Gasteiger partial charge in [-0.05, 0) is 31.2 Å². The second kappa shape index (κ2) is 5.85. The zero-order valence-corrected chi connectivity index (χ0v) is 12.6. The van der Waals surface area contributed by atoms with Crippen molar-refractivity contribution in [1.29, 1.82) is 0 Å². The van der Waals surface area contributed by atoms with Crippen LogP contribution in [0.4, 0.5) is 11.5 Å². The van der Waals surface area contributed by atoms with E-state index in [-0.39, 0.29) is 0 Å². The van der Waals surface area contributed by atoms with Crippen LogP contribution in [0.1, 0.15) is 5.69 Å². The molecule has 0 saturated heterocycles. The fourth-order valence-electron chi connectivity index (χ4n) is 2.19. The molecule has 0 bridgehead atoms. The molecule has 0 atom stereocenters. The molecule has 6 nitrogen and oxygen atoms in total. The molecule has 0 saturated carbocycles. The highest BCUT2D eigenvalue weighted by Crippen LogP contribution is 2.33. The summed E-state index contributed by atoms with van der Waals surface area (Å²) in [5.74, 6) is 2.02. The van der Waals surface area contributed by atoms with Gasteiger partial charge in [-0.1, -0.05) is 6.07 Å². The van der Waals surface area contributed by atoms with Crippen molar-refractivity contribution in [2.45, 2.75) is 6.92 Å². The van der Waals surface area contributed by atoms with E-state index in [1.54, 1.807) is 26.4 Å². The Kier molecular flexibility index (Phi) is 3.74. The fourth-order valence-corrected chi connectivity index (χ4v) is 2.19. The third-order valence-electron chi connectivity index (χ3n) is 3.31. The molecular formula is C16H16N4O2. The van der Waals surface area contributed by atoms with E-state index in [0.717, 1.165) is 11.3 Å². The number of ether oxygens (including phenoxy) is 2. The molecule has 6 heteroatoms. The Morgan fingerprint density at radius 1 is 1.05 bits per heavy atom. The maximum atomic E-state index is 5.32. The summed E-state index contributed by atoms with van der Waals surface area (Å²) in [6, 6.07) is 11.2. The molecule has 2 aromatic heterocycles. The normalized spacial score (nSPS) is 11.2. The Hall–Kier alpha value is -2.89. The molecule has 22 heavy (non-hydrogen) atoms. The van der Waals surface area contributed by atoms with E-state index in [1.807, 2.05) is 41.8 Å². The molecule has 2 heterocycles. The lowest BCUT2D eigenvalue weighted by molar-refractivity contribution is 0.395. The van der Waals surface area contributed by atoms with Crippen LogP contribution < -0.4 is 9.47 Å². The monoisotopic (exact) mass is 296 g/mol. The summed E-state index contributed by atoms with van der Waals surface area (Å²) in [5.41, 5.74) is 2.30. The molecule has 0 spiro atoms. The first-order valence-corrected chi connectivity index (χ1v) is 6.80. The Balaban J connectivity index is 2.01. The molecule has 1 aromatic carbocycles. The van der Waals surface area contributed by atoms with E-state index in [1.165, 1.54) is 0 Å². The van der Waals surface area contributed by atoms with E-state index in [0.29, 0.717) is 23.0 Å². The average Bonchev–Trinajstić information content (AvgIpc) is 2.88. The van der Waals surface area contributed by atoms with Gasteiger partial charge in [-0.25, -0.2) is 4.98 Å². The van der Waals surface area contributed by atoms with Crippen molar-refractivity contribution in [2.75, 3.05) is 14.2 Å². The summed E-state index contributed by atoms with van der Waals surface area (Å²) < 4.78 is 12.4. The minimum absolute atomic E-state index is 0.606. The summed E-state index contributed by atoms with van der Waals surface area (Å²) >= 11 is 0. The fraction of sp³-hybridized carbons (Fsp3) is 0.188. The Labute approximate surface area is 128 Å². The van der Waals surface area contributed by atoms with Crippen LogP contribution in [-0.4, -0.2) is 23.6 Å². The summed E-state index contributed by atoms with van der Waals surface area (Å²) in [7, 11) is 3.20.